The van der Waals surface area contributed by atoms with Crippen molar-refractivity contribution in [3.8, 4) is 0 Å². The van der Waals surface area contributed by atoms with Crippen molar-refractivity contribution in [3.63, 3.8) is 0 Å². The van der Waals surface area contributed by atoms with Gasteiger partial charge in [0, 0.05) is 5.66 Å². The normalized spacial score (nSPS) is 19.9. The third-order valence-corrected chi connectivity index (χ3v) is 2.93. The largest absolute Gasteiger partial charge is 0.105 e. The van der Waals surface area contributed by atoms with Crippen LogP contribution >= 0.6 is 8.58 Å². The molecule has 10 heavy (non-hydrogen) atoms. The highest BCUT2D eigenvalue weighted by molar-refractivity contribution is 7.41. The van der Waals surface area contributed by atoms with E-state index in [-0.39, 0.29) is 0 Å². The molecule has 1 rings (SSSR count). The molecule has 0 aromatic rings. The lowest BCUT2D eigenvalue weighted by molar-refractivity contribution is 0.791. The highest BCUT2D eigenvalue weighted by atomic mass is 31.1. The van der Waals surface area contributed by atoms with Gasteiger partial charge in [0.2, 0.25) is 0 Å². The Bertz CT molecular complexity index is 148. The molecular formula is C9H15P. The van der Waals surface area contributed by atoms with E-state index < -0.39 is 0 Å². The second kappa shape index (κ2) is 2.88. The fraction of sp³-hybridized carbons (Fsp3) is 0.556. The fourth-order valence-corrected chi connectivity index (χ4v) is 2.44. The summed E-state index contributed by atoms with van der Waals surface area (Å²) in [5, 5.41) is 0.490. The van der Waals surface area contributed by atoms with Gasteiger partial charge < -0.3 is 0 Å². The molecule has 1 unspecified atom stereocenters. The molecule has 56 valence electrons. The summed E-state index contributed by atoms with van der Waals surface area (Å²) in [4.78, 5) is 0. The maximum atomic E-state index is 2.30. The van der Waals surface area contributed by atoms with Gasteiger partial charge in [0.15, 0.2) is 0 Å². The molecule has 0 heterocycles. The van der Waals surface area contributed by atoms with E-state index in [1.165, 1.54) is 0 Å². The summed E-state index contributed by atoms with van der Waals surface area (Å²) >= 11 is 0. The molecule has 0 saturated heterocycles. The molecular weight excluding hydrogens is 139 g/mol. The molecule has 0 radical (unpaired) electrons. The molecule has 0 aromatic heterocycles. The van der Waals surface area contributed by atoms with E-state index in [2.05, 4.69) is 45.1 Å². The Morgan fingerprint density at radius 2 is 1.60 bits per heavy atom. The second-order valence-corrected chi connectivity index (χ2v) is 6.15. The third-order valence-electron chi connectivity index (χ3n) is 1.35. The molecule has 1 aliphatic carbocycles. The van der Waals surface area contributed by atoms with Crippen molar-refractivity contribution < 1.29 is 0 Å². The molecule has 1 heteroatoms. The van der Waals surface area contributed by atoms with Gasteiger partial charge in [-0.2, -0.15) is 0 Å². The van der Waals surface area contributed by atoms with Crippen LogP contribution in [0, 0.1) is 0 Å². The summed E-state index contributed by atoms with van der Waals surface area (Å²) in [6, 6.07) is 0. The lowest BCUT2D eigenvalue weighted by Gasteiger charge is -2.20. The number of rotatable bonds is 1. The molecule has 1 aliphatic rings. The summed E-state index contributed by atoms with van der Waals surface area (Å²) in [5.74, 6) is 0. The van der Waals surface area contributed by atoms with Crippen LogP contribution in [0.25, 0.3) is 0 Å². The minimum Gasteiger partial charge on any atom is -0.105 e. The Morgan fingerprint density at radius 1 is 1.10 bits per heavy atom. The van der Waals surface area contributed by atoms with Crippen LogP contribution in [-0.2, 0) is 0 Å². The van der Waals surface area contributed by atoms with E-state index in [4.69, 9.17) is 0 Å². The molecule has 0 saturated carbocycles. The summed E-state index contributed by atoms with van der Waals surface area (Å²) in [6.07, 6.45) is 8.85. The van der Waals surface area contributed by atoms with Crippen molar-refractivity contribution >= 4 is 8.58 Å². The van der Waals surface area contributed by atoms with Gasteiger partial charge in [-0.15, -0.1) is 8.58 Å². The second-order valence-electron chi connectivity index (χ2n) is 3.69. The number of hydrogen-bond acceptors (Lipinski definition) is 0. The third kappa shape index (κ3) is 2.66. The zero-order valence-corrected chi connectivity index (χ0v) is 7.89. The average molecular weight is 154 g/mol. The summed E-state index contributed by atoms with van der Waals surface area (Å²) in [5.41, 5.74) is 0.722. The summed E-state index contributed by atoms with van der Waals surface area (Å²) < 4.78 is 0. The van der Waals surface area contributed by atoms with Crippen molar-refractivity contribution in [2.75, 3.05) is 0 Å². The van der Waals surface area contributed by atoms with Crippen LogP contribution in [0.15, 0.2) is 24.3 Å². The Hall–Kier alpha value is -0.0900. The van der Waals surface area contributed by atoms with Gasteiger partial charge in [-0.1, -0.05) is 45.1 Å². The summed E-state index contributed by atoms with van der Waals surface area (Å²) in [6.45, 7) is 6.89. The molecule has 1 atom stereocenters. The predicted octanol–water partition coefficient (Wildman–Crippen LogP) is 2.96. The molecule has 0 bridgehead atoms. The van der Waals surface area contributed by atoms with Crippen LogP contribution in [-0.4, -0.2) is 10.8 Å². The molecule has 0 fully saturated rings. The van der Waals surface area contributed by atoms with E-state index in [0.29, 0.717) is 5.16 Å². The zero-order chi connectivity index (χ0) is 7.61. The summed E-state index contributed by atoms with van der Waals surface area (Å²) in [7, 11) is 1.02. The lowest BCUT2D eigenvalue weighted by Crippen LogP contribution is -2.09. The molecule has 0 nitrogen and oxygen atoms in total. The van der Waals surface area contributed by atoms with Gasteiger partial charge in [-0.05, 0) is 5.16 Å². The van der Waals surface area contributed by atoms with Crippen molar-refractivity contribution in [3.05, 3.63) is 24.3 Å². The topological polar surface area (TPSA) is 0 Å². The van der Waals surface area contributed by atoms with Crippen LogP contribution < -0.4 is 0 Å². The van der Waals surface area contributed by atoms with Crippen molar-refractivity contribution in [2.45, 2.75) is 31.6 Å². The van der Waals surface area contributed by atoms with E-state index in [9.17, 15) is 0 Å². The fourth-order valence-electron chi connectivity index (χ4n) is 1.03. The minimum absolute atomic E-state index is 0.490. The number of hydrogen-bond donors (Lipinski definition) is 0. The van der Waals surface area contributed by atoms with Gasteiger partial charge in [0.25, 0.3) is 0 Å². The highest BCUT2D eigenvalue weighted by Gasteiger charge is 2.15. The van der Waals surface area contributed by atoms with Crippen LogP contribution in [0.2, 0.25) is 0 Å². The van der Waals surface area contributed by atoms with Crippen LogP contribution in [0.3, 0.4) is 0 Å². The standard InChI is InChI=1S/C9H15P/c1-9(2,3)10-8-6-4-5-7-8/h4-8,10H,1-3H3. The SMILES string of the molecule is CC(C)(C)PC1C=CC=C1. The molecule has 0 aromatic carbocycles. The van der Waals surface area contributed by atoms with Gasteiger partial charge in [-0.25, -0.2) is 0 Å². The first kappa shape index (κ1) is 8.01. The highest BCUT2D eigenvalue weighted by Crippen LogP contribution is 2.37. The Kier molecular flexibility index (Phi) is 2.31. The van der Waals surface area contributed by atoms with Gasteiger partial charge in [0.05, 0.1) is 0 Å². The Morgan fingerprint density at radius 3 is 2.00 bits per heavy atom. The average Bonchev–Trinajstić information content (AvgIpc) is 2.12. The van der Waals surface area contributed by atoms with Crippen molar-refractivity contribution in [1.29, 1.82) is 0 Å². The Balaban J connectivity index is 2.40. The zero-order valence-electron chi connectivity index (χ0n) is 6.89. The van der Waals surface area contributed by atoms with Crippen LogP contribution in [0.4, 0.5) is 0 Å². The lowest BCUT2D eigenvalue weighted by atomic mass is 10.3. The molecule has 0 spiro atoms. The van der Waals surface area contributed by atoms with E-state index in [1.54, 1.807) is 0 Å². The smallest absolute Gasteiger partial charge is 0.0132 e. The molecule has 0 aliphatic heterocycles. The Labute approximate surface area is 65.2 Å². The van der Waals surface area contributed by atoms with Crippen molar-refractivity contribution in [1.82, 2.24) is 0 Å². The number of allylic oxidation sites excluding steroid dienone is 4. The monoisotopic (exact) mass is 154 g/mol. The maximum Gasteiger partial charge on any atom is 0.0132 e. The molecule has 0 N–H and O–H groups in total. The predicted molar refractivity (Wildman–Crippen MR) is 50.1 cm³/mol. The van der Waals surface area contributed by atoms with Gasteiger partial charge >= 0.3 is 0 Å². The first-order valence-electron chi connectivity index (χ1n) is 3.71. The van der Waals surface area contributed by atoms with Gasteiger partial charge in [0.1, 0.15) is 0 Å². The van der Waals surface area contributed by atoms with Crippen molar-refractivity contribution in [2.24, 2.45) is 0 Å². The molecule has 0 amide bonds. The first-order valence-corrected chi connectivity index (χ1v) is 4.78. The van der Waals surface area contributed by atoms with Crippen LogP contribution in [0.5, 0.6) is 0 Å². The maximum absolute atomic E-state index is 2.30. The first-order chi connectivity index (χ1) is 4.58. The quantitative estimate of drug-likeness (QED) is 0.509. The minimum atomic E-state index is 0.490. The van der Waals surface area contributed by atoms with Gasteiger partial charge in [-0.3, -0.25) is 0 Å². The van der Waals surface area contributed by atoms with E-state index in [0.717, 1.165) is 14.2 Å². The van der Waals surface area contributed by atoms with Crippen LogP contribution in [0.1, 0.15) is 20.8 Å². The van der Waals surface area contributed by atoms with E-state index in [1.807, 2.05) is 0 Å². The van der Waals surface area contributed by atoms with E-state index >= 15 is 0 Å².